The van der Waals surface area contributed by atoms with Crippen molar-refractivity contribution in [1.82, 2.24) is 0 Å². The Kier molecular flexibility index (Phi) is 4.05. The topological polar surface area (TPSA) is 29.5 Å². The molecule has 0 atom stereocenters. The number of amides is 1. The Bertz CT molecular complexity index is 1630. The first kappa shape index (κ1) is 20.0. The van der Waals surface area contributed by atoms with Crippen molar-refractivity contribution in [3.8, 4) is 11.5 Å². The minimum Gasteiger partial charge on any atom is -0.457 e. The maximum atomic E-state index is 14.4. The van der Waals surface area contributed by atoms with Crippen LogP contribution in [0.2, 0.25) is 0 Å². The number of fused-ring (bicyclic) bond motifs is 7. The summed E-state index contributed by atoms with van der Waals surface area (Å²) in [6.45, 7) is 4.14. The molecule has 0 saturated heterocycles. The van der Waals surface area contributed by atoms with Gasteiger partial charge in [-0.15, -0.1) is 0 Å². The average Bonchev–Trinajstić information content (AvgIpc) is 3.12. The van der Waals surface area contributed by atoms with Gasteiger partial charge in [0.25, 0.3) is 5.91 Å². The number of nitrogens with zero attached hydrogens (tertiary/aromatic N) is 1. The van der Waals surface area contributed by atoms with Gasteiger partial charge < -0.3 is 4.74 Å². The molecule has 1 amide bonds. The van der Waals surface area contributed by atoms with Crippen molar-refractivity contribution in [3.05, 3.63) is 137 Å². The molecule has 3 heteroatoms. The van der Waals surface area contributed by atoms with Crippen molar-refractivity contribution < 1.29 is 9.53 Å². The molecule has 1 spiro atoms. The molecule has 0 bridgehead atoms. The Morgan fingerprint density at radius 1 is 0.657 bits per heavy atom. The van der Waals surface area contributed by atoms with Gasteiger partial charge in [0.15, 0.2) is 0 Å². The second-order valence-electron chi connectivity index (χ2n) is 9.50. The Labute approximate surface area is 204 Å². The number of benzene rings is 5. The first-order chi connectivity index (χ1) is 17.1. The summed E-state index contributed by atoms with van der Waals surface area (Å²) in [7, 11) is 0. The molecule has 168 valence electrons. The highest BCUT2D eigenvalue weighted by Gasteiger charge is 2.57. The summed E-state index contributed by atoms with van der Waals surface area (Å²) in [5.41, 5.74) is 5.94. The molecule has 3 nitrogen and oxygen atoms in total. The molecule has 35 heavy (non-hydrogen) atoms. The molecule has 5 aromatic rings. The van der Waals surface area contributed by atoms with Gasteiger partial charge in [-0.1, -0.05) is 78.9 Å². The van der Waals surface area contributed by atoms with Crippen LogP contribution < -0.4 is 9.64 Å². The number of hydrogen-bond acceptors (Lipinski definition) is 2. The Balaban J connectivity index is 1.67. The van der Waals surface area contributed by atoms with Crippen molar-refractivity contribution in [2.75, 3.05) is 4.90 Å². The zero-order chi connectivity index (χ0) is 23.7. The number of rotatable bonds is 1. The maximum Gasteiger partial charge on any atom is 0.260 e. The predicted octanol–water partition coefficient (Wildman–Crippen LogP) is 7.51. The van der Waals surface area contributed by atoms with Gasteiger partial charge in [-0.05, 0) is 54.6 Å². The standard InChI is InChI=1S/C32H23NO2/c1-20-14-16-26-29(18-20)35-30-19-21(2)15-17-27(30)32(26)25-12-6-5-11-24(25)31(34)33(32)28-13-7-9-22-8-3-4-10-23(22)28/h3-19H,1-2H3. The van der Waals surface area contributed by atoms with Crippen LogP contribution >= 0.6 is 0 Å². The zero-order valence-corrected chi connectivity index (χ0v) is 19.6. The van der Waals surface area contributed by atoms with E-state index in [4.69, 9.17) is 4.74 Å². The lowest BCUT2D eigenvalue weighted by molar-refractivity contribution is 0.0986. The minimum absolute atomic E-state index is 0.00287. The Morgan fingerprint density at radius 3 is 2.03 bits per heavy atom. The highest BCUT2D eigenvalue weighted by atomic mass is 16.5. The van der Waals surface area contributed by atoms with Gasteiger partial charge in [-0.3, -0.25) is 9.69 Å². The molecule has 0 N–H and O–H groups in total. The summed E-state index contributed by atoms with van der Waals surface area (Å²) < 4.78 is 6.51. The fourth-order valence-electron chi connectivity index (χ4n) is 5.89. The van der Waals surface area contributed by atoms with E-state index in [-0.39, 0.29) is 5.91 Å². The summed E-state index contributed by atoms with van der Waals surface area (Å²) in [6, 6.07) is 35.1. The number of carbonyl (C=O) groups is 1. The van der Waals surface area contributed by atoms with E-state index in [2.05, 4.69) is 80.6 Å². The fourth-order valence-corrected chi connectivity index (χ4v) is 5.89. The van der Waals surface area contributed by atoms with Gasteiger partial charge in [-0.25, -0.2) is 0 Å². The fraction of sp³-hybridized carbons (Fsp3) is 0.0938. The number of ether oxygens (including phenoxy) is 1. The van der Waals surface area contributed by atoms with E-state index in [0.29, 0.717) is 0 Å². The minimum atomic E-state index is -0.845. The smallest absolute Gasteiger partial charge is 0.260 e. The number of hydrogen-bond donors (Lipinski definition) is 0. The van der Waals surface area contributed by atoms with E-state index >= 15 is 0 Å². The van der Waals surface area contributed by atoms with Crippen molar-refractivity contribution in [2.45, 2.75) is 19.4 Å². The highest BCUT2D eigenvalue weighted by Crippen LogP contribution is 2.59. The lowest BCUT2D eigenvalue weighted by atomic mass is 9.74. The van der Waals surface area contributed by atoms with Gasteiger partial charge in [0.05, 0.1) is 5.69 Å². The van der Waals surface area contributed by atoms with Crippen LogP contribution in [0.1, 0.15) is 38.2 Å². The SMILES string of the molecule is Cc1ccc2c(c1)Oc1cc(C)ccc1C21c2ccccc2C(=O)N1c1cccc2ccccc12. The highest BCUT2D eigenvalue weighted by molar-refractivity contribution is 6.17. The summed E-state index contributed by atoms with van der Waals surface area (Å²) in [4.78, 5) is 16.4. The molecule has 0 radical (unpaired) electrons. The summed E-state index contributed by atoms with van der Waals surface area (Å²) in [5, 5.41) is 2.15. The van der Waals surface area contributed by atoms with Crippen molar-refractivity contribution in [3.63, 3.8) is 0 Å². The third kappa shape index (κ3) is 2.58. The van der Waals surface area contributed by atoms with Crippen molar-refractivity contribution in [1.29, 1.82) is 0 Å². The molecular formula is C32H23NO2. The molecule has 5 aromatic carbocycles. The second-order valence-corrected chi connectivity index (χ2v) is 9.50. The van der Waals surface area contributed by atoms with Crippen LogP contribution in [0.15, 0.2) is 103 Å². The largest absolute Gasteiger partial charge is 0.457 e. The zero-order valence-electron chi connectivity index (χ0n) is 19.6. The average molecular weight is 454 g/mol. The predicted molar refractivity (Wildman–Crippen MR) is 140 cm³/mol. The normalized spacial score (nSPS) is 15.0. The van der Waals surface area contributed by atoms with Crippen LogP contribution in [0.4, 0.5) is 5.69 Å². The third-order valence-electron chi connectivity index (χ3n) is 7.37. The molecule has 0 unspecified atom stereocenters. The van der Waals surface area contributed by atoms with E-state index in [1.165, 1.54) is 0 Å². The van der Waals surface area contributed by atoms with Crippen LogP contribution in [0.25, 0.3) is 10.8 Å². The van der Waals surface area contributed by atoms with Crippen molar-refractivity contribution in [2.24, 2.45) is 0 Å². The van der Waals surface area contributed by atoms with E-state index in [0.717, 1.165) is 61.3 Å². The van der Waals surface area contributed by atoms with Crippen LogP contribution in [0, 0.1) is 13.8 Å². The molecular weight excluding hydrogens is 430 g/mol. The molecule has 0 saturated carbocycles. The first-order valence-corrected chi connectivity index (χ1v) is 11.9. The number of anilines is 1. The van der Waals surface area contributed by atoms with Gasteiger partial charge in [0.1, 0.15) is 17.0 Å². The van der Waals surface area contributed by atoms with Gasteiger partial charge in [-0.2, -0.15) is 0 Å². The van der Waals surface area contributed by atoms with E-state index in [9.17, 15) is 4.79 Å². The van der Waals surface area contributed by atoms with Crippen LogP contribution in [0.5, 0.6) is 11.5 Å². The lowest BCUT2D eigenvalue weighted by Crippen LogP contribution is -2.47. The molecule has 2 aliphatic rings. The number of aryl methyl sites for hydroxylation is 2. The summed E-state index contributed by atoms with van der Waals surface area (Å²) in [6.07, 6.45) is 0. The third-order valence-corrected chi connectivity index (χ3v) is 7.37. The molecule has 2 aliphatic heterocycles. The van der Waals surface area contributed by atoms with Crippen molar-refractivity contribution >= 4 is 22.4 Å². The quantitative estimate of drug-likeness (QED) is 0.263. The van der Waals surface area contributed by atoms with Gasteiger partial charge in [0, 0.05) is 27.6 Å². The monoisotopic (exact) mass is 453 g/mol. The molecule has 0 aromatic heterocycles. The first-order valence-electron chi connectivity index (χ1n) is 11.9. The van der Waals surface area contributed by atoms with Crippen LogP contribution in [0.3, 0.4) is 0 Å². The number of carbonyl (C=O) groups excluding carboxylic acids is 1. The molecule has 0 fully saturated rings. The second kappa shape index (κ2) is 7.07. The summed E-state index contributed by atoms with van der Waals surface area (Å²) in [5.74, 6) is 1.58. The Morgan fingerprint density at radius 2 is 1.29 bits per heavy atom. The van der Waals surface area contributed by atoms with Gasteiger partial charge >= 0.3 is 0 Å². The van der Waals surface area contributed by atoms with E-state index in [1.807, 2.05) is 41.3 Å². The molecule has 0 aliphatic carbocycles. The molecule has 2 heterocycles. The Hall–Kier alpha value is -4.37. The van der Waals surface area contributed by atoms with Crippen LogP contribution in [-0.4, -0.2) is 5.91 Å². The summed E-state index contributed by atoms with van der Waals surface area (Å²) >= 11 is 0. The molecule has 7 rings (SSSR count). The maximum absolute atomic E-state index is 14.4. The van der Waals surface area contributed by atoms with E-state index < -0.39 is 5.54 Å². The van der Waals surface area contributed by atoms with Crippen LogP contribution in [-0.2, 0) is 5.54 Å². The lowest BCUT2D eigenvalue weighted by Gasteiger charge is -2.44. The van der Waals surface area contributed by atoms with E-state index in [1.54, 1.807) is 0 Å². The van der Waals surface area contributed by atoms with Gasteiger partial charge in [0.2, 0.25) is 0 Å².